The first-order chi connectivity index (χ1) is 24.8. The van der Waals surface area contributed by atoms with Gasteiger partial charge in [-0.05, 0) is 72.7 Å². The van der Waals surface area contributed by atoms with E-state index in [0.29, 0.717) is 46.1 Å². The molecule has 0 fully saturated rings. The van der Waals surface area contributed by atoms with Gasteiger partial charge in [-0.2, -0.15) is 0 Å². The number of Topliss-reactive ketones (excluding diaryl/α,β-unsaturated/α-hetero) is 1. The van der Waals surface area contributed by atoms with Gasteiger partial charge in [0, 0.05) is 18.9 Å². The lowest BCUT2D eigenvalue weighted by atomic mass is 9.87. The van der Waals surface area contributed by atoms with Gasteiger partial charge in [-0.3, -0.25) is 24.0 Å². The van der Waals surface area contributed by atoms with E-state index in [4.69, 9.17) is 30.4 Å². The van der Waals surface area contributed by atoms with Crippen molar-refractivity contribution in [3.8, 4) is 23.0 Å². The first-order valence-corrected chi connectivity index (χ1v) is 16.2. The highest BCUT2D eigenvalue weighted by Gasteiger charge is 2.34. The first-order valence-electron chi connectivity index (χ1n) is 16.2. The van der Waals surface area contributed by atoms with Gasteiger partial charge in [-0.1, -0.05) is 12.1 Å². The predicted molar refractivity (Wildman–Crippen MR) is 182 cm³/mol. The van der Waals surface area contributed by atoms with Crippen molar-refractivity contribution in [3.63, 3.8) is 0 Å². The number of fused-ring (bicyclic) bond motifs is 3. The van der Waals surface area contributed by atoms with E-state index in [1.165, 1.54) is 25.3 Å². The molecule has 16 heteroatoms. The van der Waals surface area contributed by atoms with E-state index < -0.39 is 54.6 Å². The van der Waals surface area contributed by atoms with E-state index in [-0.39, 0.29) is 66.4 Å². The van der Waals surface area contributed by atoms with Crippen molar-refractivity contribution in [3.05, 3.63) is 76.3 Å². The molecule has 0 unspecified atom stereocenters. The smallest absolute Gasteiger partial charge is 0.343 e. The molecule has 2 heterocycles. The Hall–Kier alpha value is -6.45. The zero-order valence-electron chi connectivity index (χ0n) is 28.1. The molecule has 3 aromatic rings. The SMILES string of the molecule is COc1ccc2c(c1)OC(=O)[C@@H](CC(=O)c1c(CCC(=O)N(CC(=O)O)CC(=O)O)ccc3c1OCCCc1cc(N=C(N)N)ccc1C(=O)O3)C2. The molecule has 0 aliphatic carbocycles. The first kappa shape index (κ1) is 36.8. The van der Waals surface area contributed by atoms with Crippen molar-refractivity contribution in [1.82, 2.24) is 4.90 Å². The molecule has 1 amide bonds. The number of ketones is 1. The van der Waals surface area contributed by atoms with Gasteiger partial charge >= 0.3 is 23.9 Å². The Morgan fingerprint density at radius 3 is 2.38 bits per heavy atom. The second-order valence-electron chi connectivity index (χ2n) is 12.1. The minimum atomic E-state index is -1.40. The fourth-order valence-electron chi connectivity index (χ4n) is 6.04. The number of carboxylic acid groups (broad SMARTS) is 2. The number of esters is 2. The second-order valence-corrected chi connectivity index (χ2v) is 12.1. The standard InChI is InChI=1S/C36H36N4O12/c1-49-24-8-4-21-13-22(34(47)52-28(21)16-24)15-26(41)32-19(6-11-29(42)40(17-30(43)44)18-31(45)46)5-10-27-33(32)50-12-2-3-20-14-23(39-36(37)38)7-9-25(20)35(48)51-27/h4-5,7-10,14,16,22H,2-3,6,11-13,15,17-18H2,1H3,(H,43,44)(H,45,46)(H4,37,38,39)/t22-/m1/s1. The highest BCUT2D eigenvalue weighted by Crippen LogP contribution is 2.39. The molecule has 0 radical (unpaired) electrons. The van der Waals surface area contributed by atoms with Gasteiger partial charge in [0.05, 0.1) is 36.4 Å². The summed E-state index contributed by atoms with van der Waals surface area (Å²) in [6, 6.07) is 12.6. The number of carbonyl (C=O) groups is 6. The number of guanidine groups is 1. The third-order valence-electron chi connectivity index (χ3n) is 8.42. The molecule has 0 aromatic heterocycles. The predicted octanol–water partition coefficient (Wildman–Crippen LogP) is 2.43. The van der Waals surface area contributed by atoms with Crippen LogP contribution in [0.5, 0.6) is 23.0 Å². The maximum Gasteiger partial charge on any atom is 0.343 e. The molecule has 2 aliphatic heterocycles. The van der Waals surface area contributed by atoms with E-state index in [1.54, 1.807) is 30.3 Å². The van der Waals surface area contributed by atoms with Gasteiger partial charge in [0.1, 0.15) is 24.6 Å². The number of nitrogens with two attached hydrogens (primary N) is 2. The normalized spacial score (nSPS) is 14.9. The van der Waals surface area contributed by atoms with Crippen LogP contribution in [0.15, 0.2) is 53.5 Å². The molecule has 52 heavy (non-hydrogen) atoms. The lowest BCUT2D eigenvalue weighted by molar-refractivity contribution is -0.149. The second kappa shape index (κ2) is 16.1. The highest BCUT2D eigenvalue weighted by molar-refractivity contribution is 6.03. The maximum absolute atomic E-state index is 14.3. The highest BCUT2D eigenvalue weighted by atomic mass is 16.6. The summed E-state index contributed by atoms with van der Waals surface area (Å²) in [5, 5.41) is 18.4. The minimum Gasteiger partial charge on any atom is -0.497 e. The van der Waals surface area contributed by atoms with Gasteiger partial charge in [-0.15, -0.1) is 0 Å². The number of amides is 1. The summed E-state index contributed by atoms with van der Waals surface area (Å²) in [4.78, 5) is 81.3. The zero-order chi connectivity index (χ0) is 37.5. The van der Waals surface area contributed by atoms with Crippen molar-refractivity contribution < 1.29 is 57.9 Å². The van der Waals surface area contributed by atoms with Gasteiger partial charge in [0.25, 0.3) is 0 Å². The monoisotopic (exact) mass is 716 g/mol. The van der Waals surface area contributed by atoms with Crippen molar-refractivity contribution in [2.75, 3.05) is 26.8 Å². The van der Waals surface area contributed by atoms with Crippen LogP contribution in [0, 0.1) is 5.92 Å². The number of methoxy groups -OCH3 is 1. The Labute approximate surface area is 296 Å². The summed E-state index contributed by atoms with van der Waals surface area (Å²) < 4.78 is 22.7. The Kier molecular flexibility index (Phi) is 11.4. The van der Waals surface area contributed by atoms with Crippen LogP contribution in [0.1, 0.15) is 56.7 Å². The van der Waals surface area contributed by atoms with E-state index in [0.717, 1.165) is 0 Å². The molecule has 2 aliphatic rings. The summed E-state index contributed by atoms with van der Waals surface area (Å²) in [5.74, 6) is -5.95. The van der Waals surface area contributed by atoms with Crippen LogP contribution in [0.3, 0.4) is 0 Å². The molecular formula is C36H36N4O12. The van der Waals surface area contributed by atoms with Crippen LogP contribution in [-0.4, -0.2) is 83.4 Å². The van der Waals surface area contributed by atoms with Crippen molar-refractivity contribution in [1.29, 1.82) is 0 Å². The average molecular weight is 717 g/mol. The number of aryl methyl sites for hydroxylation is 2. The molecule has 0 spiro atoms. The van der Waals surface area contributed by atoms with E-state index >= 15 is 0 Å². The molecule has 272 valence electrons. The van der Waals surface area contributed by atoms with Crippen LogP contribution in [-0.2, 0) is 38.4 Å². The fourth-order valence-corrected chi connectivity index (χ4v) is 6.04. The Morgan fingerprint density at radius 2 is 1.69 bits per heavy atom. The van der Waals surface area contributed by atoms with E-state index in [2.05, 4.69) is 4.99 Å². The number of aliphatic imine (C=N–C) groups is 1. The van der Waals surface area contributed by atoms with Gasteiger partial charge in [-0.25, -0.2) is 9.79 Å². The number of carboxylic acids is 2. The lowest BCUT2D eigenvalue weighted by Crippen LogP contribution is -2.39. The molecule has 1 atom stereocenters. The minimum absolute atomic E-state index is 0.0432. The van der Waals surface area contributed by atoms with Gasteiger partial charge < -0.3 is 45.5 Å². The molecule has 0 saturated heterocycles. The van der Waals surface area contributed by atoms with Crippen molar-refractivity contribution in [2.24, 2.45) is 22.4 Å². The van der Waals surface area contributed by atoms with E-state index in [9.17, 15) is 39.0 Å². The summed E-state index contributed by atoms with van der Waals surface area (Å²) in [6.07, 6.45) is 0.0716. The van der Waals surface area contributed by atoms with E-state index in [1.807, 2.05) is 0 Å². The topological polar surface area (TPSA) is 247 Å². The van der Waals surface area contributed by atoms with Gasteiger partial charge in [0.2, 0.25) is 5.91 Å². The molecule has 5 rings (SSSR count). The van der Waals surface area contributed by atoms with Crippen LogP contribution < -0.4 is 30.4 Å². The molecule has 6 N–H and O–H groups in total. The third kappa shape index (κ3) is 8.82. The molecule has 0 bridgehead atoms. The van der Waals surface area contributed by atoms with Crippen LogP contribution in [0.2, 0.25) is 0 Å². The average Bonchev–Trinajstić information content (AvgIpc) is 3.08. The summed E-state index contributed by atoms with van der Waals surface area (Å²) in [6.45, 7) is -1.62. The largest absolute Gasteiger partial charge is 0.497 e. The fraction of sp³-hybridized carbons (Fsp3) is 0.306. The summed E-state index contributed by atoms with van der Waals surface area (Å²) in [7, 11) is 1.48. The Balaban J connectivity index is 1.50. The van der Waals surface area contributed by atoms with Crippen molar-refractivity contribution in [2.45, 2.75) is 38.5 Å². The number of hydrogen-bond acceptors (Lipinski definition) is 11. The third-order valence-corrected chi connectivity index (χ3v) is 8.42. The molecule has 3 aromatic carbocycles. The molecule has 0 saturated carbocycles. The number of benzene rings is 3. The van der Waals surface area contributed by atoms with Crippen LogP contribution >= 0.6 is 0 Å². The zero-order valence-corrected chi connectivity index (χ0v) is 28.1. The number of nitrogens with zero attached hydrogens (tertiary/aromatic N) is 2. The summed E-state index contributed by atoms with van der Waals surface area (Å²) in [5.41, 5.74) is 13.2. The molecular weight excluding hydrogens is 680 g/mol. The van der Waals surface area contributed by atoms with Gasteiger partial charge in [0.15, 0.2) is 23.2 Å². The maximum atomic E-state index is 14.3. The summed E-state index contributed by atoms with van der Waals surface area (Å²) >= 11 is 0. The molecule has 16 nitrogen and oxygen atoms in total. The number of rotatable bonds is 12. The Morgan fingerprint density at radius 1 is 0.942 bits per heavy atom. The lowest BCUT2D eigenvalue weighted by Gasteiger charge is -2.25. The van der Waals surface area contributed by atoms with Crippen LogP contribution in [0.25, 0.3) is 0 Å². The number of hydrogen-bond donors (Lipinski definition) is 4. The number of carbonyl (C=O) groups excluding carboxylic acids is 4. The Bertz CT molecular complexity index is 1950. The van der Waals surface area contributed by atoms with Crippen LogP contribution in [0.4, 0.5) is 5.69 Å². The quantitative estimate of drug-likeness (QED) is 0.0691. The number of ether oxygens (including phenoxy) is 4. The number of aliphatic carboxylic acids is 2. The van der Waals surface area contributed by atoms with Crippen molar-refractivity contribution >= 4 is 47.2 Å².